The van der Waals surface area contributed by atoms with E-state index in [0.717, 1.165) is 18.5 Å². The average Bonchev–Trinajstić information content (AvgIpc) is 3.52. The van der Waals surface area contributed by atoms with Crippen molar-refractivity contribution in [3.63, 3.8) is 0 Å². The Bertz CT molecular complexity index is 1300. The van der Waals surface area contributed by atoms with E-state index in [9.17, 15) is 18.0 Å². The normalized spacial score (nSPS) is 15.7. The Hall–Kier alpha value is -3.92. The number of nitrogens with one attached hydrogen (secondary N) is 2. The van der Waals surface area contributed by atoms with Crippen LogP contribution in [0.1, 0.15) is 29.0 Å². The Morgan fingerprint density at radius 1 is 1.06 bits per heavy atom. The number of rotatable bonds is 8. The zero-order valence-corrected chi connectivity index (χ0v) is 20.0. The van der Waals surface area contributed by atoms with Crippen molar-refractivity contribution in [3.05, 3.63) is 84.3 Å². The fourth-order valence-electron chi connectivity index (χ4n) is 3.74. The van der Waals surface area contributed by atoms with Crippen LogP contribution in [0.4, 0.5) is 5.69 Å². The number of furan rings is 1. The Labute approximate surface area is 203 Å². The van der Waals surface area contributed by atoms with Crippen molar-refractivity contribution in [2.75, 3.05) is 18.9 Å². The smallest absolute Gasteiger partial charge is 0.287 e. The van der Waals surface area contributed by atoms with Gasteiger partial charge in [0.05, 0.1) is 11.2 Å². The van der Waals surface area contributed by atoms with Crippen LogP contribution >= 0.6 is 0 Å². The van der Waals surface area contributed by atoms with Crippen LogP contribution in [-0.2, 0) is 21.2 Å². The minimum Gasteiger partial charge on any atom is -0.459 e. The highest BCUT2D eigenvalue weighted by atomic mass is 32.2. The van der Waals surface area contributed by atoms with Crippen LogP contribution in [0, 0.1) is 0 Å². The lowest BCUT2D eigenvalue weighted by Crippen LogP contribution is -2.45. The average molecular weight is 495 g/mol. The Morgan fingerprint density at radius 2 is 1.80 bits per heavy atom. The third-order valence-electron chi connectivity index (χ3n) is 5.63. The fourth-order valence-corrected chi connectivity index (χ4v) is 4.83. The molecular weight excluding hydrogens is 468 g/mol. The molecule has 2 aromatic carbocycles. The number of likely N-dealkylation sites (tertiary alicyclic amines) is 1. The van der Waals surface area contributed by atoms with Crippen molar-refractivity contribution in [1.82, 2.24) is 10.2 Å². The van der Waals surface area contributed by atoms with Crippen molar-refractivity contribution < 1.29 is 22.4 Å². The lowest BCUT2D eigenvalue weighted by molar-refractivity contribution is -0.118. The van der Waals surface area contributed by atoms with Crippen LogP contribution in [0.15, 0.2) is 86.7 Å². The number of hydrogen-bond donors (Lipinski definition) is 2. The molecule has 1 saturated heterocycles. The maximum Gasteiger partial charge on any atom is 0.287 e. The molecule has 9 nitrogen and oxygen atoms in total. The summed E-state index contributed by atoms with van der Waals surface area (Å²) < 4.78 is 34.4. The van der Waals surface area contributed by atoms with Gasteiger partial charge in [0.15, 0.2) is 5.76 Å². The molecule has 2 amide bonds. The number of amidine groups is 1. The number of sulfonamides is 1. The molecule has 3 aromatic rings. The largest absolute Gasteiger partial charge is 0.459 e. The van der Waals surface area contributed by atoms with E-state index in [1.165, 1.54) is 36.6 Å². The zero-order valence-electron chi connectivity index (χ0n) is 19.2. The van der Waals surface area contributed by atoms with E-state index in [2.05, 4.69) is 15.0 Å². The number of anilines is 1. The van der Waals surface area contributed by atoms with Crippen molar-refractivity contribution in [3.8, 4) is 0 Å². The van der Waals surface area contributed by atoms with E-state index in [0.29, 0.717) is 17.9 Å². The molecule has 0 radical (unpaired) electrons. The summed E-state index contributed by atoms with van der Waals surface area (Å²) in [4.78, 5) is 27.5. The van der Waals surface area contributed by atoms with Crippen LogP contribution in [0.25, 0.3) is 0 Å². The molecule has 1 aliphatic rings. The van der Waals surface area contributed by atoms with Crippen LogP contribution in [0.2, 0.25) is 0 Å². The Kier molecular flexibility index (Phi) is 7.31. The van der Waals surface area contributed by atoms with Gasteiger partial charge in [-0.1, -0.05) is 30.3 Å². The molecule has 2 N–H and O–H groups in total. The van der Waals surface area contributed by atoms with Crippen molar-refractivity contribution in [2.45, 2.75) is 30.2 Å². The van der Waals surface area contributed by atoms with E-state index in [1.54, 1.807) is 6.07 Å². The second-order valence-electron chi connectivity index (χ2n) is 8.21. The molecule has 2 heterocycles. The molecule has 1 aliphatic heterocycles. The molecule has 0 spiro atoms. The third-order valence-corrected chi connectivity index (χ3v) is 6.95. The van der Waals surface area contributed by atoms with Gasteiger partial charge in [-0.3, -0.25) is 9.59 Å². The Morgan fingerprint density at radius 3 is 2.43 bits per heavy atom. The molecule has 0 aliphatic carbocycles. The first-order chi connectivity index (χ1) is 16.8. The topological polar surface area (TPSA) is 121 Å². The quantitative estimate of drug-likeness (QED) is 0.496. The van der Waals surface area contributed by atoms with Crippen molar-refractivity contribution in [1.29, 1.82) is 0 Å². The predicted molar refractivity (Wildman–Crippen MR) is 132 cm³/mol. The first-order valence-electron chi connectivity index (χ1n) is 11.2. The highest BCUT2D eigenvalue weighted by molar-refractivity contribution is 7.90. The number of hydrogen-bond acceptors (Lipinski definition) is 5. The Balaban J connectivity index is 1.48. The maximum atomic E-state index is 13.1. The van der Waals surface area contributed by atoms with Crippen LogP contribution in [-0.4, -0.2) is 50.6 Å². The lowest BCUT2D eigenvalue weighted by Gasteiger charge is -2.18. The summed E-state index contributed by atoms with van der Waals surface area (Å²) in [6.07, 6.45) is 3.13. The molecule has 182 valence electrons. The van der Waals surface area contributed by atoms with Gasteiger partial charge in [0.25, 0.3) is 15.9 Å². The highest BCUT2D eigenvalue weighted by Crippen LogP contribution is 2.19. The predicted octanol–water partition coefficient (Wildman–Crippen LogP) is 3.07. The van der Waals surface area contributed by atoms with Gasteiger partial charge in [-0.25, -0.2) is 0 Å². The maximum absolute atomic E-state index is 13.1. The molecule has 1 aromatic heterocycles. The summed E-state index contributed by atoms with van der Waals surface area (Å²) in [5, 5.41) is 5.45. The van der Waals surface area contributed by atoms with Gasteiger partial charge in [-0.15, -0.1) is 4.40 Å². The molecule has 4 rings (SSSR count). The molecule has 35 heavy (non-hydrogen) atoms. The van der Waals surface area contributed by atoms with Gasteiger partial charge in [-0.2, -0.15) is 8.42 Å². The molecule has 0 saturated carbocycles. The van der Waals surface area contributed by atoms with Crippen LogP contribution in [0.3, 0.4) is 0 Å². The lowest BCUT2D eigenvalue weighted by atomic mass is 10.0. The second kappa shape index (κ2) is 10.6. The summed E-state index contributed by atoms with van der Waals surface area (Å²) in [7, 11) is -2.04. The van der Waals surface area contributed by atoms with Gasteiger partial charge in [-0.05, 0) is 48.4 Å². The SMILES string of the molecule is CN1CCC/C1=N\S(=O)(=O)c1ccc(NC(=O)C(Cc2ccccc2)NC(=O)c2ccco2)cc1. The second-order valence-corrected chi connectivity index (χ2v) is 9.82. The first kappa shape index (κ1) is 24.2. The molecular formula is C25H26N4O5S. The van der Waals surface area contributed by atoms with Crippen molar-refractivity contribution >= 4 is 33.4 Å². The van der Waals surface area contributed by atoms with Crippen LogP contribution in [0.5, 0.6) is 0 Å². The number of carbonyl (C=O) groups excluding carboxylic acids is 2. The fraction of sp³-hybridized carbons (Fsp3) is 0.240. The number of benzene rings is 2. The number of amides is 2. The van der Waals surface area contributed by atoms with E-state index in [4.69, 9.17) is 4.42 Å². The summed E-state index contributed by atoms with van der Waals surface area (Å²) >= 11 is 0. The summed E-state index contributed by atoms with van der Waals surface area (Å²) in [5.74, 6) is -0.320. The number of nitrogens with zero attached hydrogens (tertiary/aromatic N) is 2. The molecule has 1 fully saturated rings. The standard InChI is InChI=1S/C25H26N4O5S/c1-29-15-5-10-23(29)28-35(32,33)20-13-11-19(12-14-20)26-24(30)21(17-18-7-3-2-4-8-18)27-25(31)22-9-6-16-34-22/h2-4,6-9,11-14,16,21H,5,10,15,17H2,1H3,(H,26,30)(H,27,31)/b28-23+. The first-order valence-corrected chi connectivity index (χ1v) is 12.6. The van der Waals surface area contributed by atoms with E-state index < -0.39 is 27.9 Å². The highest BCUT2D eigenvalue weighted by Gasteiger charge is 2.24. The van der Waals surface area contributed by atoms with E-state index >= 15 is 0 Å². The molecule has 10 heteroatoms. The molecule has 1 unspecified atom stereocenters. The minimum atomic E-state index is -3.85. The monoisotopic (exact) mass is 494 g/mol. The van der Waals surface area contributed by atoms with Gasteiger partial charge < -0.3 is 20.0 Å². The van der Waals surface area contributed by atoms with Gasteiger partial charge in [0, 0.05) is 32.1 Å². The third kappa shape index (κ3) is 6.15. The summed E-state index contributed by atoms with van der Waals surface area (Å²) in [6, 6.07) is 17.3. The summed E-state index contributed by atoms with van der Waals surface area (Å²) in [5.41, 5.74) is 1.26. The van der Waals surface area contributed by atoms with Gasteiger partial charge in [0.2, 0.25) is 5.91 Å². The van der Waals surface area contributed by atoms with E-state index in [-0.39, 0.29) is 17.1 Å². The summed E-state index contributed by atoms with van der Waals surface area (Å²) in [6.45, 7) is 0.778. The van der Waals surface area contributed by atoms with E-state index in [1.807, 2.05) is 42.3 Å². The van der Waals surface area contributed by atoms with Gasteiger partial charge >= 0.3 is 0 Å². The minimum absolute atomic E-state index is 0.0373. The zero-order chi connectivity index (χ0) is 24.8. The van der Waals surface area contributed by atoms with Crippen LogP contribution < -0.4 is 10.6 Å². The molecule has 0 bridgehead atoms. The molecule has 1 atom stereocenters. The van der Waals surface area contributed by atoms with Gasteiger partial charge in [0.1, 0.15) is 11.9 Å². The number of carbonyl (C=O) groups is 2. The van der Waals surface area contributed by atoms with Crippen molar-refractivity contribution in [2.24, 2.45) is 4.40 Å².